The van der Waals surface area contributed by atoms with Crippen molar-refractivity contribution in [1.29, 1.82) is 0 Å². The lowest BCUT2D eigenvalue weighted by Gasteiger charge is -2.12. The van der Waals surface area contributed by atoms with Crippen molar-refractivity contribution in [3.05, 3.63) is 18.2 Å². The van der Waals surface area contributed by atoms with Crippen LogP contribution in [0.15, 0.2) is 18.2 Å². The van der Waals surface area contributed by atoms with Gasteiger partial charge in [-0.05, 0) is 36.8 Å². The van der Waals surface area contributed by atoms with Crippen LogP contribution in [-0.2, 0) is 0 Å². The van der Waals surface area contributed by atoms with Crippen molar-refractivity contribution in [3.63, 3.8) is 0 Å². The van der Waals surface area contributed by atoms with E-state index >= 15 is 0 Å². The Morgan fingerprint density at radius 1 is 1.38 bits per heavy atom. The fourth-order valence-electron chi connectivity index (χ4n) is 2.37. The Balaban J connectivity index is 1.84. The van der Waals surface area contributed by atoms with Crippen LogP contribution in [0.2, 0.25) is 0 Å². The van der Waals surface area contributed by atoms with Gasteiger partial charge in [-0.2, -0.15) is 0 Å². The molecule has 1 aliphatic rings. The maximum Gasteiger partial charge on any atom is 0.142 e. The van der Waals surface area contributed by atoms with Crippen LogP contribution in [0.1, 0.15) is 26.2 Å². The largest absolute Gasteiger partial charge is 0.370 e. The summed E-state index contributed by atoms with van der Waals surface area (Å²) in [6.45, 7) is 3.35. The number of aromatic nitrogens is 1. The Morgan fingerprint density at radius 2 is 2.19 bits per heavy atom. The van der Waals surface area contributed by atoms with Gasteiger partial charge in [0.2, 0.25) is 0 Å². The SMILES string of the molecule is CC1CCC(CNc2cccc(NN)n2)C1. The van der Waals surface area contributed by atoms with Gasteiger partial charge in [-0.1, -0.05) is 19.4 Å². The smallest absolute Gasteiger partial charge is 0.142 e. The second kappa shape index (κ2) is 5.16. The van der Waals surface area contributed by atoms with Crippen molar-refractivity contribution in [3.8, 4) is 0 Å². The third-order valence-electron chi connectivity index (χ3n) is 3.27. The van der Waals surface area contributed by atoms with Gasteiger partial charge >= 0.3 is 0 Å². The average Bonchev–Trinajstić information content (AvgIpc) is 2.73. The lowest BCUT2D eigenvalue weighted by Crippen LogP contribution is -2.14. The monoisotopic (exact) mass is 220 g/mol. The summed E-state index contributed by atoms with van der Waals surface area (Å²) in [6.07, 6.45) is 4.04. The number of hydrazine groups is 1. The number of nitrogen functional groups attached to an aromatic ring is 1. The standard InChI is InChI=1S/C12H20N4/c1-9-5-6-10(7-9)8-14-11-3-2-4-12(15-11)16-13/h2-4,9-10H,5-8,13H2,1H3,(H2,14,15,16). The molecule has 0 amide bonds. The van der Waals surface area contributed by atoms with Crippen molar-refractivity contribution in [2.24, 2.45) is 17.7 Å². The molecule has 0 radical (unpaired) electrons. The molecule has 1 heterocycles. The van der Waals surface area contributed by atoms with Gasteiger partial charge in [0.25, 0.3) is 0 Å². The third kappa shape index (κ3) is 2.85. The van der Waals surface area contributed by atoms with Crippen LogP contribution in [0, 0.1) is 11.8 Å². The van der Waals surface area contributed by atoms with Crippen molar-refractivity contribution in [2.45, 2.75) is 26.2 Å². The summed E-state index contributed by atoms with van der Waals surface area (Å²) in [7, 11) is 0. The average molecular weight is 220 g/mol. The van der Waals surface area contributed by atoms with E-state index in [0.29, 0.717) is 5.82 Å². The molecule has 1 aromatic heterocycles. The molecule has 1 fully saturated rings. The first-order valence-electron chi connectivity index (χ1n) is 5.95. The van der Waals surface area contributed by atoms with E-state index in [1.54, 1.807) is 0 Å². The molecule has 2 unspecified atom stereocenters. The predicted octanol–water partition coefficient (Wildman–Crippen LogP) is 2.22. The molecule has 1 saturated carbocycles. The number of pyridine rings is 1. The summed E-state index contributed by atoms with van der Waals surface area (Å²) in [5.74, 6) is 8.60. The lowest BCUT2D eigenvalue weighted by molar-refractivity contribution is 0.536. The first kappa shape index (κ1) is 11.2. The fraction of sp³-hybridized carbons (Fsp3) is 0.583. The van der Waals surface area contributed by atoms with Gasteiger partial charge in [0, 0.05) is 6.54 Å². The molecule has 0 saturated heterocycles. The summed E-state index contributed by atoms with van der Waals surface area (Å²) in [5, 5.41) is 3.38. The number of hydrogen-bond acceptors (Lipinski definition) is 4. The van der Waals surface area contributed by atoms with Gasteiger partial charge < -0.3 is 10.7 Å². The van der Waals surface area contributed by atoms with Crippen LogP contribution < -0.4 is 16.6 Å². The lowest BCUT2D eigenvalue weighted by atomic mass is 10.1. The van der Waals surface area contributed by atoms with Crippen LogP contribution >= 0.6 is 0 Å². The molecule has 0 aliphatic heterocycles. The molecule has 1 aromatic rings. The molecule has 1 aliphatic carbocycles. The summed E-state index contributed by atoms with van der Waals surface area (Å²) < 4.78 is 0. The van der Waals surface area contributed by atoms with Gasteiger partial charge in [-0.25, -0.2) is 10.8 Å². The minimum Gasteiger partial charge on any atom is -0.370 e. The number of hydrogen-bond donors (Lipinski definition) is 3. The second-order valence-corrected chi connectivity index (χ2v) is 4.72. The first-order chi connectivity index (χ1) is 7.78. The van der Waals surface area contributed by atoms with Crippen LogP contribution in [0.25, 0.3) is 0 Å². The second-order valence-electron chi connectivity index (χ2n) is 4.72. The Bertz CT molecular complexity index is 340. The topological polar surface area (TPSA) is 63.0 Å². The van der Waals surface area contributed by atoms with E-state index in [9.17, 15) is 0 Å². The quantitative estimate of drug-likeness (QED) is 0.538. The molecule has 0 spiro atoms. The summed E-state index contributed by atoms with van der Waals surface area (Å²) >= 11 is 0. The van der Waals surface area contributed by atoms with Crippen molar-refractivity contribution in [1.82, 2.24) is 4.98 Å². The highest BCUT2D eigenvalue weighted by molar-refractivity contribution is 5.44. The van der Waals surface area contributed by atoms with Crippen LogP contribution in [0.4, 0.5) is 11.6 Å². The molecule has 4 nitrogen and oxygen atoms in total. The van der Waals surface area contributed by atoms with Gasteiger partial charge in [-0.3, -0.25) is 0 Å². The van der Waals surface area contributed by atoms with E-state index in [-0.39, 0.29) is 0 Å². The highest BCUT2D eigenvalue weighted by atomic mass is 15.3. The van der Waals surface area contributed by atoms with E-state index in [4.69, 9.17) is 5.84 Å². The minimum absolute atomic E-state index is 0.699. The maximum absolute atomic E-state index is 5.31. The Hall–Kier alpha value is -1.29. The predicted molar refractivity (Wildman–Crippen MR) is 67.0 cm³/mol. The van der Waals surface area contributed by atoms with Gasteiger partial charge in [0.1, 0.15) is 11.6 Å². The molecular weight excluding hydrogens is 200 g/mol. The Morgan fingerprint density at radius 3 is 2.88 bits per heavy atom. The number of nitrogens with one attached hydrogen (secondary N) is 2. The van der Waals surface area contributed by atoms with E-state index < -0.39 is 0 Å². The van der Waals surface area contributed by atoms with Gasteiger partial charge in [-0.15, -0.1) is 0 Å². The Labute approximate surface area is 96.6 Å². The molecule has 2 atom stereocenters. The normalized spacial score (nSPS) is 24.4. The van der Waals surface area contributed by atoms with Crippen molar-refractivity contribution >= 4 is 11.6 Å². The molecule has 4 heteroatoms. The van der Waals surface area contributed by atoms with Crippen LogP contribution in [0.5, 0.6) is 0 Å². The van der Waals surface area contributed by atoms with E-state index in [1.807, 2.05) is 18.2 Å². The van der Waals surface area contributed by atoms with Gasteiger partial charge in [0.05, 0.1) is 0 Å². The number of nitrogens with zero attached hydrogens (tertiary/aromatic N) is 1. The number of anilines is 2. The van der Waals surface area contributed by atoms with Crippen LogP contribution in [-0.4, -0.2) is 11.5 Å². The molecule has 88 valence electrons. The van der Waals surface area contributed by atoms with Crippen molar-refractivity contribution in [2.75, 3.05) is 17.3 Å². The summed E-state index contributed by atoms with van der Waals surface area (Å²) in [4.78, 5) is 4.32. The van der Waals surface area contributed by atoms with Crippen LogP contribution in [0.3, 0.4) is 0 Å². The molecule has 0 bridgehead atoms. The molecule has 2 rings (SSSR count). The van der Waals surface area contributed by atoms with E-state index in [0.717, 1.165) is 24.2 Å². The molecule has 4 N–H and O–H groups in total. The molecule has 16 heavy (non-hydrogen) atoms. The molecular formula is C12H20N4. The minimum atomic E-state index is 0.699. The Kier molecular flexibility index (Phi) is 3.62. The maximum atomic E-state index is 5.31. The van der Waals surface area contributed by atoms with Gasteiger partial charge in [0.15, 0.2) is 0 Å². The first-order valence-corrected chi connectivity index (χ1v) is 5.95. The zero-order chi connectivity index (χ0) is 11.4. The fourth-order valence-corrected chi connectivity index (χ4v) is 2.37. The molecule has 0 aromatic carbocycles. The summed E-state index contributed by atoms with van der Waals surface area (Å²) in [5.41, 5.74) is 2.55. The number of nitrogens with two attached hydrogens (primary N) is 1. The summed E-state index contributed by atoms with van der Waals surface area (Å²) in [6, 6.07) is 5.77. The van der Waals surface area contributed by atoms with Crippen molar-refractivity contribution < 1.29 is 0 Å². The highest BCUT2D eigenvalue weighted by Crippen LogP contribution is 2.30. The van der Waals surface area contributed by atoms with E-state index in [1.165, 1.54) is 19.3 Å². The highest BCUT2D eigenvalue weighted by Gasteiger charge is 2.20. The third-order valence-corrected chi connectivity index (χ3v) is 3.27. The number of rotatable bonds is 4. The zero-order valence-electron chi connectivity index (χ0n) is 9.74. The zero-order valence-corrected chi connectivity index (χ0v) is 9.74. The van der Waals surface area contributed by atoms with E-state index in [2.05, 4.69) is 22.7 Å².